The predicted molar refractivity (Wildman–Crippen MR) is 55.8 cm³/mol. The molecule has 3 heteroatoms. The Kier molecular flexibility index (Phi) is 3.43. The smallest absolute Gasteiger partial charge is 0.168 e. The number of aryl methyl sites for hydroxylation is 1. The van der Waals surface area contributed by atoms with Crippen LogP contribution in [0.5, 0.6) is 0 Å². The van der Waals surface area contributed by atoms with Crippen molar-refractivity contribution in [2.75, 3.05) is 0 Å². The molecule has 0 aliphatic rings. The van der Waals surface area contributed by atoms with Crippen LogP contribution in [0.25, 0.3) is 0 Å². The fourth-order valence-corrected chi connectivity index (χ4v) is 0.997. The summed E-state index contributed by atoms with van der Waals surface area (Å²) in [7, 11) is 0. The highest BCUT2D eigenvalue weighted by Gasteiger charge is 1.99. The third-order valence-electron chi connectivity index (χ3n) is 1.73. The summed E-state index contributed by atoms with van der Waals surface area (Å²) in [4.78, 5) is 7.09. The standard InChI is InChI=1S/C10H15N3/c1-3-4-7-12-10(11)9-6-5-8(2)13-9/h5-7,11,13H,3-4H2,1-2H3. The molecule has 0 aliphatic heterocycles. The SMILES string of the molecule is CCCC=NC(=N)c1ccc(C)[nH]1. The van der Waals surface area contributed by atoms with Gasteiger partial charge in [0, 0.05) is 11.9 Å². The van der Waals surface area contributed by atoms with E-state index in [4.69, 9.17) is 5.41 Å². The Morgan fingerprint density at radius 2 is 2.38 bits per heavy atom. The van der Waals surface area contributed by atoms with Crippen molar-refractivity contribution in [3.8, 4) is 0 Å². The van der Waals surface area contributed by atoms with Gasteiger partial charge in [-0.15, -0.1) is 0 Å². The van der Waals surface area contributed by atoms with Gasteiger partial charge in [0.2, 0.25) is 0 Å². The van der Waals surface area contributed by atoms with Crippen molar-refractivity contribution < 1.29 is 0 Å². The van der Waals surface area contributed by atoms with E-state index in [0.717, 1.165) is 24.2 Å². The van der Waals surface area contributed by atoms with Crippen molar-refractivity contribution in [1.82, 2.24) is 4.98 Å². The van der Waals surface area contributed by atoms with E-state index in [0.29, 0.717) is 5.84 Å². The number of aromatic amines is 1. The molecule has 1 aromatic rings. The van der Waals surface area contributed by atoms with Crippen LogP contribution in [0.1, 0.15) is 31.2 Å². The van der Waals surface area contributed by atoms with Crippen molar-refractivity contribution in [2.45, 2.75) is 26.7 Å². The van der Waals surface area contributed by atoms with Crippen LogP contribution in [0.15, 0.2) is 17.1 Å². The molecule has 0 aliphatic carbocycles. The lowest BCUT2D eigenvalue weighted by atomic mass is 10.3. The molecule has 0 radical (unpaired) electrons. The summed E-state index contributed by atoms with van der Waals surface area (Å²) in [6.45, 7) is 4.06. The van der Waals surface area contributed by atoms with Crippen molar-refractivity contribution in [3.63, 3.8) is 0 Å². The van der Waals surface area contributed by atoms with Gasteiger partial charge in [-0.1, -0.05) is 13.3 Å². The van der Waals surface area contributed by atoms with Gasteiger partial charge >= 0.3 is 0 Å². The Morgan fingerprint density at radius 3 is 2.92 bits per heavy atom. The van der Waals surface area contributed by atoms with Crippen LogP contribution in [0.2, 0.25) is 0 Å². The monoisotopic (exact) mass is 177 g/mol. The molecule has 0 bridgehead atoms. The van der Waals surface area contributed by atoms with Crippen LogP contribution in [-0.2, 0) is 0 Å². The average Bonchev–Trinajstić information content (AvgIpc) is 2.52. The number of nitrogens with one attached hydrogen (secondary N) is 2. The molecular weight excluding hydrogens is 162 g/mol. The first-order chi connectivity index (χ1) is 6.24. The van der Waals surface area contributed by atoms with Gasteiger partial charge in [0.1, 0.15) is 0 Å². The maximum absolute atomic E-state index is 7.59. The highest BCUT2D eigenvalue weighted by Crippen LogP contribution is 2.01. The molecule has 1 heterocycles. The van der Waals surface area contributed by atoms with Gasteiger partial charge in [-0.05, 0) is 25.5 Å². The minimum absolute atomic E-state index is 0.307. The summed E-state index contributed by atoms with van der Waals surface area (Å²) < 4.78 is 0. The zero-order valence-corrected chi connectivity index (χ0v) is 8.09. The molecule has 1 rings (SSSR count). The minimum atomic E-state index is 0.307. The minimum Gasteiger partial charge on any atom is -0.356 e. The summed E-state index contributed by atoms with van der Waals surface area (Å²) in [5.74, 6) is 0.307. The van der Waals surface area contributed by atoms with Gasteiger partial charge in [0.05, 0.1) is 5.69 Å². The summed E-state index contributed by atoms with van der Waals surface area (Å²) in [6.07, 6.45) is 3.79. The van der Waals surface area contributed by atoms with E-state index in [1.54, 1.807) is 6.21 Å². The number of amidine groups is 1. The molecule has 3 nitrogen and oxygen atoms in total. The summed E-state index contributed by atoms with van der Waals surface area (Å²) >= 11 is 0. The van der Waals surface area contributed by atoms with Gasteiger partial charge in [-0.25, -0.2) is 4.99 Å². The lowest BCUT2D eigenvalue weighted by Crippen LogP contribution is -1.95. The van der Waals surface area contributed by atoms with Crippen LogP contribution < -0.4 is 0 Å². The van der Waals surface area contributed by atoms with E-state index < -0.39 is 0 Å². The number of nitrogens with zero attached hydrogens (tertiary/aromatic N) is 1. The Balaban J connectivity index is 2.58. The van der Waals surface area contributed by atoms with Crippen LogP contribution in [0.4, 0.5) is 0 Å². The number of hydrogen-bond donors (Lipinski definition) is 2. The lowest BCUT2D eigenvalue weighted by Gasteiger charge is -1.92. The maximum atomic E-state index is 7.59. The molecule has 0 amide bonds. The first-order valence-electron chi connectivity index (χ1n) is 4.51. The number of unbranched alkanes of at least 4 members (excludes halogenated alkanes) is 1. The summed E-state index contributed by atoms with van der Waals surface area (Å²) in [5, 5.41) is 7.59. The highest BCUT2D eigenvalue weighted by molar-refractivity contribution is 5.99. The van der Waals surface area contributed by atoms with Crippen molar-refractivity contribution in [3.05, 3.63) is 23.5 Å². The zero-order chi connectivity index (χ0) is 9.68. The van der Waals surface area contributed by atoms with E-state index in [1.165, 1.54) is 0 Å². The largest absolute Gasteiger partial charge is 0.356 e. The topological polar surface area (TPSA) is 52.0 Å². The van der Waals surface area contributed by atoms with Crippen molar-refractivity contribution >= 4 is 12.1 Å². The molecule has 0 aromatic carbocycles. The number of hydrogen-bond acceptors (Lipinski definition) is 1. The molecule has 0 fully saturated rings. The predicted octanol–water partition coefficient (Wildman–Crippen LogP) is 2.52. The molecule has 0 atom stereocenters. The van der Waals surface area contributed by atoms with E-state index >= 15 is 0 Å². The third-order valence-corrected chi connectivity index (χ3v) is 1.73. The third kappa shape index (κ3) is 2.86. The second kappa shape index (κ2) is 4.60. The van der Waals surface area contributed by atoms with E-state index in [1.807, 2.05) is 19.1 Å². The quantitative estimate of drug-likeness (QED) is 0.526. The van der Waals surface area contributed by atoms with Gasteiger partial charge in [0.15, 0.2) is 5.84 Å². The molecule has 70 valence electrons. The van der Waals surface area contributed by atoms with Gasteiger partial charge < -0.3 is 4.98 Å². The van der Waals surface area contributed by atoms with Crippen LogP contribution in [0, 0.1) is 12.3 Å². The summed E-state index contributed by atoms with van der Waals surface area (Å²) in [5.41, 5.74) is 1.84. The van der Waals surface area contributed by atoms with Gasteiger partial charge in [-0.2, -0.15) is 0 Å². The molecule has 1 aromatic heterocycles. The Hall–Kier alpha value is -1.38. The molecule has 0 unspecified atom stereocenters. The number of H-pyrrole nitrogens is 1. The maximum Gasteiger partial charge on any atom is 0.168 e. The molecule has 13 heavy (non-hydrogen) atoms. The molecule has 0 saturated heterocycles. The lowest BCUT2D eigenvalue weighted by molar-refractivity contribution is 1.01. The Morgan fingerprint density at radius 1 is 1.62 bits per heavy atom. The van der Waals surface area contributed by atoms with Crippen molar-refractivity contribution in [2.24, 2.45) is 4.99 Å². The zero-order valence-electron chi connectivity index (χ0n) is 8.09. The van der Waals surface area contributed by atoms with Gasteiger partial charge in [-0.3, -0.25) is 5.41 Å². The molecule has 0 saturated carbocycles. The van der Waals surface area contributed by atoms with Gasteiger partial charge in [0.25, 0.3) is 0 Å². The summed E-state index contributed by atoms with van der Waals surface area (Å²) in [6, 6.07) is 3.82. The molecule has 0 spiro atoms. The van der Waals surface area contributed by atoms with Crippen LogP contribution in [0.3, 0.4) is 0 Å². The Labute approximate surface area is 78.4 Å². The average molecular weight is 177 g/mol. The first-order valence-corrected chi connectivity index (χ1v) is 4.51. The highest BCUT2D eigenvalue weighted by atomic mass is 14.9. The number of aliphatic imine (C=N–C) groups is 1. The van der Waals surface area contributed by atoms with E-state index in [-0.39, 0.29) is 0 Å². The second-order valence-electron chi connectivity index (χ2n) is 3.00. The van der Waals surface area contributed by atoms with Crippen molar-refractivity contribution in [1.29, 1.82) is 5.41 Å². The molecule has 2 N–H and O–H groups in total. The van der Waals surface area contributed by atoms with Crippen LogP contribution >= 0.6 is 0 Å². The first kappa shape index (κ1) is 9.71. The molecular formula is C10H15N3. The number of aromatic nitrogens is 1. The fourth-order valence-electron chi connectivity index (χ4n) is 0.997. The Bertz CT molecular complexity index is 310. The fraction of sp³-hybridized carbons (Fsp3) is 0.400. The van der Waals surface area contributed by atoms with Crippen LogP contribution in [-0.4, -0.2) is 17.0 Å². The van der Waals surface area contributed by atoms with E-state index in [2.05, 4.69) is 16.9 Å². The second-order valence-corrected chi connectivity index (χ2v) is 3.00. The van der Waals surface area contributed by atoms with E-state index in [9.17, 15) is 0 Å². The number of rotatable bonds is 3. The normalized spacial score (nSPS) is 10.9.